The van der Waals surface area contributed by atoms with E-state index in [9.17, 15) is 14.0 Å². The Labute approximate surface area is 117 Å². The fourth-order valence-electron chi connectivity index (χ4n) is 2.26. The van der Waals surface area contributed by atoms with Crippen LogP contribution in [-0.2, 0) is 4.79 Å². The molecular formula is C14H18FN3O2. The van der Waals surface area contributed by atoms with Gasteiger partial charge < -0.3 is 15.1 Å². The van der Waals surface area contributed by atoms with Crippen LogP contribution in [0.4, 0.5) is 4.39 Å². The first-order valence-corrected chi connectivity index (χ1v) is 6.49. The molecule has 1 atom stereocenters. The average Bonchev–Trinajstić information content (AvgIpc) is 2.46. The Hall–Kier alpha value is -1.95. The molecule has 0 radical (unpaired) electrons. The zero-order chi connectivity index (χ0) is 14.7. The van der Waals surface area contributed by atoms with Crippen molar-refractivity contribution in [2.45, 2.75) is 6.04 Å². The SMILES string of the molecule is CN(C)C(=O)C1CNCCN1C(=O)c1ccccc1F. The molecule has 20 heavy (non-hydrogen) atoms. The minimum absolute atomic E-state index is 0.00551. The molecule has 1 aliphatic heterocycles. The maximum atomic E-state index is 13.7. The van der Waals surface area contributed by atoms with Gasteiger partial charge in [-0.2, -0.15) is 0 Å². The molecular weight excluding hydrogens is 261 g/mol. The third-order valence-electron chi connectivity index (χ3n) is 3.33. The number of benzene rings is 1. The molecule has 1 heterocycles. The van der Waals surface area contributed by atoms with E-state index in [0.29, 0.717) is 19.6 Å². The number of carbonyl (C=O) groups is 2. The molecule has 0 bridgehead atoms. The molecule has 1 aromatic carbocycles. The minimum Gasteiger partial charge on any atom is -0.347 e. The smallest absolute Gasteiger partial charge is 0.257 e. The lowest BCUT2D eigenvalue weighted by Crippen LogP contribution is -2.59. The van der Waals surface area contributed by atoms with Gasteiger partial charge in [-0.3, -0.25) is 9.59 Å². The number of carbonyl (C=O) groups excluding carboxylic acids is 2. The van der Waals surface area contributed by atoms with E-state index in [1.54, 1.807) is 20.2 Å². The van der Waals surface area contributed by atoms with Crippen molar-refractivity contribution in [3.63, 3.8) is 0 Å². The molecule has 1 aromatic rings. The highest BCUT2D eigenvalue weighted by Gasteiger charge is 2.34. The lowest BCUT2D eigenvalue weighted by atomic mass is 10.1. The highest BCUT2D eigenvalue weighted by Crippen LogP contribution is 2.14. The molecule has 1 aliphatic rings. The number of halogens is 1. The second-order valence-corrected chi connectivity index (χ2v) is 4.93. The van der Waals surface area contributed by atoms with Gasteiger partial charge in [0.05, 0.1) is 5.56 Å². The summed E-state index contributed by atoms with van der Waals surface area (Å²) in [7, 11) is 3.28. The first kappa shape index (κ1) is 14.5. The van der Waals surface area contributed by atoms with E-state index in [0.717, 1.165) is 0 Å². The molecule has 2 amide bonds. The molecule has 1 unspecified atom stereocenters. The van der Waals surface area contributed by atoms with E-state index in [4.69, 9.17) is 0 Å². The van der Waals surface area contributed by atoms with E-state index in [1.165, 1.54) is 28.0 Å². The van der Waals surface area contributed by atoms with Crippen LogP contribution in [0.2, 0.25) is 0 Å². The minimum atomic E-state index is -0.592. The number of hydrogen-bond donors (Lipinski definition) is 1. The topological polar surface area (TPSA) is 52.7 Å². The summed E-state index contributed by atoms with van der Waals surface area (Å²) in [5, 5.41) is 3.09. The van der Waals surface area contributed by atoms with Gasteiger partial charge >= 0.3 is 0 Å². The maximum Gasteiger partial charge on any atom is 0.257 e. The van der Waals surface area contributed by atoms with Crippen molar-refractivity contribution in [2.75, 3.05) is 33.7 Å². The van der Waals surface area contributed by atoms with E-state index < -0.39 is 17.8 Å². The van der Waals surface area contributed by atoms with E-state index >= 15 is 0 Å². The van der Waals surface area contributed by atoms with Gasteiger partial charge in [-0.1, -0.05) is 12.1 Å². The lowest BCUT2D eigenvalue weighted by Gasteiger charge is -2.36. The van der Waals surface area contributed by atoms with Gasteiger partial charge in [0.2, 0.25) is 5.91 Å². The summed E-state index contributed by atoms with van der Waals surface area (Å²) in [6.45, 7) is 1.37. The first-order valence-electron chi connectivity index (χ1n) is 6.49. The molecule has 5 nitrogen and oxygen atoms in total. The number of nitrogens with one attached hydrogen (secondary N) is 1. The molecule has 0 saturated carbocycles. The van der Waals surface area contributed by atoms with Crippen molar-refractivity contribution in [2.24, 2.45) is 0 Å². The molecule has 108 valence electrons. The van der Waals surface area contributed by atoms with Gasteiger partial charge in [-0.25, -0.2) is 4.39 Å². The average molecular weight is 279 g/mol. The predicted octanol–water partition coefficient (Wildman–Crippen LogP) is 0.328. The Kier molecular flexibility index (Phi) is 4.34. The molecule has 0 aliphatic carbocycles. The number of hydrogen-bond acceptors (Lipinski definition) is 3. The summed E-state index contributed by atoms with van der Waals surface area (Å²) >= 11 is 0. The Morgan fingerprint density at radius 3 is 2.70 bits per heavy atom. The maximum absolute atomic E-state index is 13.7. The Morgan fingerprint density at radius 2 is 2.05 bits per heavy atom. The van der Waals surface area contributed by atoms with Crippen LogP contribution in [0.25, 0.3) is 0 Å². The molecule has 0 aromatic heterocycles. The Bertz CT molecular complexity index is 519. The van der Waals surface area contributed by atoms with Crippen LogP contribution >= 0.6 is 0 Å². The number of likely N-dealkylation sites (N-methyl/N-ethyl adjacent to an activating group) is 1. The fraction of sp³-hybridized carbons (Fsp3) is 0.429. The quantitative estimate of drug-likeness (QED) is 0.849. The first-order chi connectivity index (χ1) is 9.52. The van der Waals surface area contributed by atoms with E-state index in [-0.39, 0.29) is 11.5 Å². The summed E-state index contributed by atoms with van der Waals surface area (Å²) < 4.78 is 13.7. The van der Waals surface area contributed by atoms with E-state index in [2.05, 4.69) is 5.32 Å². The molecule has 2 rings (SSSR count). The van der Waals surface area contributed by atoms with Gasteiger partial charge in [-0.05, 0) is 12.1 Å². The normalized spacial score (nSPS) is 18.8. The van der Waals surface area contributed by atoms with Crippen LogP contribution in [0.15, 0.2) is 24.3 Å². The summed E-state index contributed by atoms with van der Waals surface area (Å²) in [6, 6.07) is 5.24. The predicted molar refractivity (Wildman–Crippen MR) is 72.8 cm³/mol. The van der Waals surface area contributed by atoms with Gasteiger partial charge in [0.1, 0.15) is 11.9 Å². The van der Waals surface area contributed by atoms with Crippen molar-refractivity contribution in [1.82, 2.24) is 15.1 Å². The highest BCUT2D eigenvalue weighted by atomic mass is 19.1. The zero-order valence-corrected chi connectivity index (χ0v) is 11.6. The molecule has 1 saturated heterocycles. The van der Waals surface area contributed by atoms with Gasteiger partial charge in [0.25, 0.3) is 5.91 Å². The van der Waals surface area contributed by atoms with E-state index in [1.807, 2.05) is 0 Å². The third-order valence-corrected chi connectivity index (χ3v) is 3.33. The summed E-state index contributed by atoms with van der Waals surface area (Å²) in [5.41, 5.74) is 0.00551. The van der Waals surface area contributed by atoms with Gasteiger partial charge in [0.15, 0.2) is 0 Å². The standard InChI is InChI=1S/C14H18FN3O2/c1-17(2)14(20)12-9-16-7-8-18(12)13(19)10-5-3-4-6-11(10)15/h3-6,12,16H,7-9H2,1-2H3. The van der Waals surface area contributed by atoms with Crippen LogP contribution in [0.1, 0.15) is 10.4 Å². The summed E-state index contributed by atoms with van der Waals surface area (Å²) in [5.74, 6) is -1.17. The van der Waals surface area contributed by atoms with Crippen molar-refractivity contribution in [3.05, 3.63) is 35.6 Å². The van der Waals surface area contributed by atoms with Crippen LogP contribution in [-0.4, -0.2) is 61.4 Å². The largest absolute Gasteiger partial charge is 0.347 e. The molecule has 1 N–H and O–H groups in total. The number of rotatable bonds is 2. The monoisotopic (exact) mass is 279 g/mol. The second-order valence-electron chi connectivity index (χ2n) is 4.93. The number of piperazine rings is 1. The van der Waals surface area contributed by atoms with Crippen molar-refractivity contribution >= 4 is 11.8 Å². The van der Waals surface area contributed by atoms with Gasteiger partial charge in [-0.15, -0.1) is 0 Å². The Balaban J connectivity index is 2.26. The van der Waals surface area contributed by atoms with Crippen LogP contribution in [0, 0.1) is 5.82 Å². The Morgan fingerprint density at radius 1 is 1.35 bits per heavy atom. The van der Waals surface area contributed by atoms with Crippen molar-refractivity contribution in [3.8, 4) is 0 Å². The van der Waals surface area contributed by atoms with Crippen LogP contribution < -0.4 is 5.32 Å². The van der Waals surface area contributed by atoms with Crippen LogP contribution in [0.5, 0.6) is 0 Å². The van der Waals surface area contributed by atoms with Crippen LogP contribution in [0.3, 0.4) is 0 Å². The molecule has 6 heteroatoms. The summed E-state index contributed by atoms with van der Waals surface area (Å²) in [4.78, 5) is 27.5. The number of nitrogens with zero attached hydrogens (tertiary/aromatic N) is 2. The van der Waals surface area contributed by atoms with Crippen molar-refractivity contribution in [1.29, 1.82) is 0 Å². The summed E-state index contributed by atoms with van der Waals surface area (Å²) in [6.07, 6.45) is 0. The molecule has 0 spiro atoms. The second kappa shape index (κ2) is 6.00. The van der Waals surface area contributed by atoms with Gasteiger partial charge in [0, 0.05) is 33.7 Å². The zero-order valence-electron chi connectivity index (χ0n) is 11.6. The van der Waals surface area contributed by atoms with Crippen molar-refractivity contribution < 1.29 is 14.0 Å². The number of amides is 2. The molecule has 1 fully saturated rings. The highest BCUT2D eigenvalue weighted by molar-refractivity contribution is 5.98. The lowest BCUT2D eigenvalue weighted by molar-refractivity contribution is -0.134. The fourth-order valence-corrected chi connectivity index (χ4v) is 2.26. The third kappa shape index (κ3) is 2.80.